The molecular formula is C13H23N3O4. The van der Waals surface area contributed by atoms with Crippen LogP contribution in [0, 0.1) is 0 Å². The number of nitrogens with two attached hydrogens (primary N) is 1. The Morgan fingerprint density at radius 2 is 2.35 bits per heavy atom. The molecule has 0 aromatic carbocycles. The molecule has 7 heteroatoms. The summed E-state index contributed by atoms with van der Waals surface area (Å²) in [4.78, 5) is 25.6. The van der Waals surface area contributed by atoms with Crippen molar-refractivity contribution < 1.29 is 19.1 Å². The van der Waals surface area contributed by atoms with Gasteiger partial charge in [-0.25, -0.2) is 4.79 Å². The number of piperidine rings is 1. The maximum absolute atomic E-state index is 12.5. The fraction of sp³-hybridized carbons (Fsp3) is 0.846. The standard InChI is InChI=1S/C13H23N3O4/c1-2-20-12(18)15-10-4-3-6-16(8-10)11(17)13(14)5-7-19-9-13/h10H,2-9,14H2,1H3,(H,15,18). The summed E-state index contributed by atoms with van der Waals surface area (Å²) in [5.74, 6) is -0.0784. The predicted molar refractivity (Wildman–Crippen MR) is 72.1 cm³/mol. The van der Waals surface area contributed by atoms with E-state index in [-0.39, 0.29) is 18.6 Å². The van der Waals surface area contributed by atoms with E-state index in [1.54, 1.807) is 11.8 Å². The number of nitrogens with one attached hydrogen (secondary N) is 1. The van der Waals surface area contributed by atoms with Crippen LogP contribution in [0.4, 0.5) is 4.79 Å². The first-order valence-electron chi connectivity index (χ1n) is 7.14. The molecule has 7 nitrogen and oxygen atoms in total. The van der Waals surface area contributed by atoms with Crippen molar-refractivity contribution in [1.29, 1.82) is 0 Å². The van der Waals surface area contributed by atoms with Crippen molar-refractivity contribution in [3.8, 4) is 0 Å². The van der Waals surface area contributed by atoms with Gasteiger partial charge >= 0.3 is 6.09 Å². The van der Waals surface area contributed by atoms with E-state index in [1.807, 2.05) is 0 Å². The molecule has 0 aromatic heterocycles. The molecule has 0 aliphatic carbocycles. The highest BCUT2D eigenvalue weighted by molar-refractivity contribution is 5.86. The quantitative estimate of drug-likeness (QED) is 0.751. The molecule has 3 N–H and O–H groups in total. The molecule has 2 aliphatic rings. The Kier molecular flexibility index (Phi) is 4.82. The smallest absolute Gasteiger partial charge is 0.407 e. The number of rotatable bonds is 3. The van der Waals surface area contributed by atoms with E-state index in [0.717, 1.165) is 12.8 Å². The molecule has 114 valence electrons. The van der Waals surface area contributed by atoms with Gasteiger partial charge in [-0.1, -0.05) is 0 Å². The summed E-state index contributed by atoms with van der Waals surface area (Å²) in [6.45, 7) is 4.06. The van der Waals surface area contributed by atoms with Gasteiger partial charge in [0.25, 0.3) is 0 Å². The average molecular weight is 285 g/mol. The van der Waals surface area contributed by atoms with Gasteiger partial charge in [0, 0.05) is 25.7 Å². The molecule has 2 unspecified atom stereocenters. The van der Waals surface area contributed by atoms with Crippen LogP contribution >= 0.6 is 0 Å². The fourth-order valence-corrected chi connectivity index (χ4v) is 2.68. The number of amides is 2. The van der Waals surface area contributed by atoms with Crippen molar-refractivity contribution in [2.24, 2.45) is 5.73 Å². The summed E-state index contributed by atoms with van der Waals surface area (Å²) in [5.41, 5.74) is 5.20. The highest BCUT2D eigenvalue weighted by Gasteiger charge is 2.42. The van der Waals surface area contributed by atoms with E-state index >= 15 is 0 Å². The summed E-state index contributed by atoms with van der Waals surface area (Å²) in [7, 11) is 0. The Hall–Kier alpha value is -1.34. The zero-order valence-electron chi connectivity index (χ0n) is 11.9. The lowest BCUT2D eigenvalue weighted by atomic mass is 9.96. The van der Waals surface area contributed by atoms with Crippen LogP contribution in [0.25, 0.3) is 0 Å². The van der Waals surface area contributed by atoms with E-state index in [2.05, 4.69) is 5.32 Å². The molecule has 0 aromatic rings. The van der Waals surface area contributed by atoms with Crippen molar-refractivity contribution in [2.75, 3.05) is 32.9 Å². The first-order valence-corrected chi connectivity index (χ1v) is 7.14. The van der Waals surface area contributed by atoms with E-state index in [4.69, 9.17) is 15.2 Å². The monoisotopic (exact) mass is 285 g/mol. The van der Waals surface area contributed by atoms with Gasteiger partial charge in [-0.15, -0.1) is 0 Å². The van der Waals surface area contributed by atoms with Crippen molar-refractivity contribution in [3.05, 3.63) is 0 Å². The van der Waals surface area contributed by atoms with Crippen LogP contribution < -0.4 is 11.1 Å². The number of hydrogen-bond acceptors (Lipinski definition) is 5. The molecule has 0 bridgehead atoms. The second kappa shape index (κ2) is 6.41. The molecule has 2 atom stereocenters. The van der Waals surface area contributed by atoms with Crippen LogP contribution in [-0.4, -0.2) is 61.4 Å². The van der Waals surface area contributed by atoms with E-state index in [9.17, 15) is 9.59 Å². The summed E-state index contributed by atoms with van der Waals surface area (Å²) >= 11 is 0. The van der Waals surface area contributed by atoms with Gasteiger partial charge in [0.1, 0.15) is 5.54 Å². The minimum Gasteiger partial charge on any atom is -0.450 e. The van der Waals surface area contributed by atoms with Crippen LogP contribution in [-0.2, 0) is 14.3 Å². The fourth-order valence-electron chi connectivity index (χ4n) is 2.68. The van der Waals surface area contributed by atoms with Gasteiger partial charge in [0.15, 0.2) is 0 Å². The van der Waals surface area contributed by atoms with Gasteiger partial charge in [-0.2, -0.15) is 0 Å². The normalized spacial score (nSPS) is 30.1. The molecule has 2 saturated heterocycles. The largest absolute Gasteiger partial charge is 0.450 e. The molecule has 2 aliphatic heterocycles. The van der Waals surface area contributed by atoms with E-state index < -0.39 is 11.6 Å². The van der Waals surface area contributed by atoms with Gasteiger partial charge in [-0.3, -0.25) is 4.79 Å². The van der Waals surface area contributed by atoms with Crippen LogP contribution in [0.5, 0.6) is 0 Å². The number of likely N-dealkylation sites (tertiary alicyclic amines) is 1. The maximum Gasteiger partial charge on any atom is 0.407 e. The minimum atomic E-state index is -0.897. The Labute approximate surface area is 118 Å². The molecular weight excluding hydrogens is 262 g/mol. The van der Waals surface area contributed by atoms with E-state index in [1.165, 1.54) is 0 Å². The molecule has 2 heterocycles. The molecule has 0 saturated carbocycles. The lowest BCUT2D eigenvalue weighted by Crippen LogP contribution is -2.60. The molecule has 0 radical (unpaired) electrons. The average Bonchev–Trinajstić information content (AvgIpc) is 2.86. The third-order valence-electron chi connectivity index (χ3n) is 3.78. The van der Waals surface area contributed by atoms with Gasteiger partial charge < -0.3 is 25.4 Å². The lowest BCUT2D eigenvalue weighted by Gasteiger charge is -2.36. The van der Waals surface area contributed by atoms with Crippen LogP contribution in [0.15, 0.2) is 0 Å². The van der Waals surface area contributed by atoms with Gasteiger partial charge in [-0.05, 0) is 26.2 Å². The maximum atomic E-state index is 12.5. The molecule has 2 rings (SSSR count). The Balaban J connectivity index is 1.89. The van der Waals surface area contributed by atoms with Crippen molar-refractivity contribution in [3.63, 3.8) is 0 Å². The molecule has 2 amide bonds. The Bertz CT molecular complexity index is 369. The number of carbonyl (C=O) groups excluding carboxylic acids is 2. The first-order chi connectivity index (χ1) is 9.55. The van der Waals surface area contributed by atoms with Crippen molar-refractivity contribution in [1.82, 2.24) is 10.2 Å². The number of ether oxygens (including phenoxy) is 2. The van der Waals surface area contributed by atoms with E-state index in [0.29, 0.717) is 32.7 Å². The third-order valence-corrected chi connectivity index (χ3v) is 3.78. The van der Waals surface area contributed by atoms with Crippen molar-refractivity contribution >= 4 is 12.0 Å². The highest BCUT2D eigenvalue weighted by atomic mass is 16.5. The lowest BCUT2D eigenvalue weighted by molar-refractivity contribution is -0.138. The van der Waals surface area contributed by atoms with Crippen LogP contribution in [0.3, 0.4) is 0 Å². The van der Waals surface area contributed by atoms with Gasteiger partial charge in [0.2, 0.25) is 5.91 Å². The first kappa shape index (κ1) is 15.1. The summed E-state index contributed by atoms with van der Waals surface area (Å²) < 4.78 is 10.1. The Morgan fingerprint density at radius 3 is 3.00 bits per heavy atom. The van der Waals surface area contributed by atoms with Crippen LogP contribution in [0.1, 0.15) is 26.2 Å². The van der Waals surface area contributed by atoms with Gasteiger partial charge in [0.05, 0.1) is 13.2 Å². The Morgan fingerprint density at radius 1 is 1.55 bits per heavy atom. The number of hydrogen-bond donors (Lipinski definition) is 2. The predicted octanol–water partition coefficient (Wildman–Crippen LogP) is -0.159. The second-order valence-electron chi connectivity index (χ2n) is 5.41. The van der Waals surface area contributed by atoms with Crippen LogP contribution in [0.2, 0.25) is 0 Å². The molecule has 20 heavy (non-hydrogen) atoms. The zero-order chi connectivity index (χ0) is 14.6. The topological polar surface area (TPSA) is 93.9 Å². The number of carbonyl (C=O) groups is 2. The molecule has 2 fully saturated rings. The zero-order valence-corrected chi connectivity index (χ0v) is 11.9. The summed E-state index contributed by atoms with van der Waals surface area (Å²) in [5, 5.41) is 2.78. The highest BCUT2D eigenvalue weighted by Crippen LogP contribution is 2.21. The number of alkyl carbamates (subject to hydrolysis) is 1. The molecule has 0 spiro atoms. The second-order valence-corrected chi connectivity index (χ2v) is 5.41. The third kappa shape index (κ3) is 3.40. The summed E-state index contributed by atoms with van der Waals surface area (Å²) in [6.07, 6.45) is 1.81. The number of nitrogens with zero attached hydrogens (tertiary/aromatic N) is 1. The SMILES string of the molecule is CCOC(=O)NC1CCCN(C(=O)C2(N)CCOC2)C1. The minimum absolute atomic E-state index is 0.0716. The van der Waals surface area contributed by atoms with Crippen molar-refractivity contribution in [2.45, 2.75) is 37.8 Å². The summed E-state index contributed by atoms with van der Waals surface area (Å²) in [6, 6.07) is -0.0716.